The van der Waals surface area contributed by atoms with Crippen LogP contribution in [0.1, 0.15) is 30.1 Å². The minimum absolute atomic E-state index is 0.166. The lowest BCUT2D eigenvalue weighted by atomic mass is 10.1. The Bertz CT molecular complexity index is 1560. The number of nitrogens with zero attached hydrogens (tertiary/aromatic N) is 2. The molecule has 18 heteroatoms. The van der Waals surface area contributed by atoms with Gasteiger partial charge in [0.1, 0.15) is 28.9 Å². The summed E-state index contributed by atoms with van der Waals surface area (Å²) in [5.41, 5.74) is 2.72. The van der Waals surface area contributed by atoms with Crippen molar-refractivity contribution in [3.63, 3.8) is 0 Å². The molecule has 1 aromatic carbocycles. The van der Waals surface area contributed by atoms with Crippen LogP contribution < -0.4 is 21.8 Å². The van der Waals surface area contributed by atoms with Crippen molar-refractivity contribution in [2.45, 2.75) is 44.2 Å². The molecule has 4 rings (SSSR count). The number of aromatic nitrogens is 2. The maximum atomic E-state index is 14.7. The first-order valence-electron chi connectivity index (χ1n) is 12.2. The number of fused-ring (bicyclic) bond motifs is 1. The molecule has 2 aromatic heterocycles. The minimum Gasteiger partial charge on any atom is -0.475 e. The molecule has 5 N–H and O–H groups in total. The van der Waals surface area contributed by atoms with Crippen LogP contribution in [-0.2, 0) is 4.79 Å². The van der Waals surface area contributed by atoms with Crippen molar-refractivity contribution in [2.24, 2.45) is 11.7 Å². The van der Waals surface area contributed by atoms with Crippen LogP contribution in [0.25, 0.3) is 16.7 Å². The molecule has 0 saturated heterocycles. The molecular weight excluding hydrogens is 605 g/mol. The second-order valence-corrected chi connectivity index (χ2v) is 9.52. The molecule has 1 fully saturated rings. The van der Waals surface area contributed by atoms with Gasteiger partial charge < -0.3 is 21.5 Å². The number of nitrogens with one attached hydrogen (secondary N) is 2. The van der Waals surface area contributed by atoms with Crippen molar-refractivity contribution in [1.82, 2.24) is 14.9 Å². The minimum atomic E-state index is -5.08. The number of amides is 1. The molecule has 43 heavy (non-hydrogen) atoms. The lowest BCUT2D eigenvalue weighted by molar-refractivity contribution is -0.192. The predicted molar refractivity (Wildman–Crippen MR) is 133 cm³/mol. The zero-order valence-corrected chi connectivity index (χ0v) is 21.8. The summed E-state index contributed by atoms with van der Waals surface area (Å²) in [7, 11) is 0. The van der Waals surface area contributed by atoms with Crippen LogP contribution in [0, 0.1) is 23.4 Å². The predicted octanol–water partition coefficient (Wildman–Crippen LogP) is 4.27. The number of nitrogens with two attached hydrogens (primary N) is 1. The Hall–Kier alpha value is -4.35. The Morgan fingerprint density at radius 3 is 2.12 bits per heavy atom. The number of pyridine rings is 2. The molecule has 0 aliphatic heterocycles. The Morgan fingerprint density at radius 1 is 1.09 bits per heavy atom. The van der Waals surface area contributed by atoms with Crippen LogP contribution in [0.15, 0.2) is 35.3 Å². The van der Waals surface area contributed by atoms with E-state index in [2.05, 4.69) is 10.3 Å². The van der Waals surface area contributed by atoms with Gasteiger partial charge in [-0.25, -0.2) is 22.9 Å². The van der Waals surface area contributed by atoms with Crippen LogP contribution in [0.4, 0.5) is 45.3 Å². The van der Waals surface area contributed by atoms with Crippen LogP contribution in [0.5, 0.6) is 0 Å². The fraction of sp³-hybridized carbons (Fsp3) is 0.360. The summed E-state index contributed by atoms with van der Waals surface area (Å²) < 4.78 is 116. The normalized spacial score (nSPS) is 14.9. The van der Waals surface area contributed by atoms with Crippen molar-refractivity contribution in [3.8, 4) is 5.69 Å². The maximum Gasteiger partial charge on any atom is 0.490 e. The Balaban J connectivity index is 0.000000646. The largest absolute Gasteiger partial charge is 0.490 e. The van der Waals surface area contributed by atoms with Gasteiger partial charge in [-0.15, -0.1) is 0 Å². The summed E-state index contributed by atoms with van der Waals surface area (Å²) in [6, 6.07) is 0.841. The molecule has 234 valence electrons. The van der Waals surface area contributed by atoms with E-state index in [1.165, 1.54) is 12.1 Å². The number of aliphatic carboxylic acids is 1. The number of hydrogen-bond donors (Lipinski definition) is 4. The van der Waals surface area contributed by atoms with Crippen molar-refractivity contribution in [1.29, 1.82) is 0 Å². The van der Waals surface area contributed by atoms with E-state index in [0.29, 0.717) is 22.9 Å². The van der Waals surface area contributed by atoms with Crippen LogP contribution in [0.2, 0.25) is 0 Å². The summed E-state index contributed by atoms with van der Waals surface area (Å²) in [5.74, 6) is -8.78. The lowest BCUT2D eigenvalue weighted by Crippen LogP contribution is -2.48. The lowest BCUT2D eigenvalue weighted by Gasteiger charge is -2.22. The average Bonchev–Trinajstić information content (AvgIpc) is 3.70. The summed E-state index contributed by atoms with van der Waals surface area (Å²) in [4.78, 5) is 39.0. The number of benzene rings is 1. The zero-order chi connectivity index (χ0) is 32.4. The fourth-order valence-corrected chi connectivity index (χ4v) is 3.78. The first kappa shape index (κ1) is 33.2. The zero-order valence-electron chi connectivity index (χ0n) is 21.8. The van der Waals surface area contributed by atoms with E-state index in [4.69, 9.17) is 15.6 Å². The standard InChI is InChI=1S/C23H21F6N5O2.C2HF3O2/c1-10(30)8-31-17-5-4-13-19(35)14(22(36)33-20(11-2-3-11)23(27,28)29)9-34(21(13)32-17)18-15(25)6-12(24)7-16(18)26;3-2(4,5)1(6)7/h4-7,9-11,20H,2-3,8,30H2,1H3,(H,31,32)(H,33,36);(H,6,7)/t10-,20-;/m0./s1. The number of alkyl halides is 6. The smallest absolute Gasteiger partial charge is 0.475 e. The summed E-state index contributed by atoms with van der Waals surface area (Å²) in [5, 5.41) is 11.5. The highest BCUT2D eigenvalue weighted by atomic mass is 19.4. The molecule has 1 aliphatic rings. The fourth-order valence-electron chi connectivity index (χ4n) is 3.78. The number of carboxylic acid groups (broad SMARTS) is 1. The third kappa shape index (κ3) is 8.14. The van der Waals surface area contributed by atoms with Gasteiger partial charge in [0.05, 0.1) is 5.39 Å². The quantitative estimate of drug-likeness (QED) is 0.287. The molecule has 0 bridgehead atoms. The van der Waals surface area contributed by atoms with Gasteiger partial charge in [0.25, 0.3) is 5.91 Å². The second kappa shape index (κ2) is 12.5. The van der Waals surface area contributed by atoms with E-state index >= 15 is 0 Å². The Labute approximate surface area is 235 Å². The highest BCUT2D eigenvalue weighted by Gasteiger charge is 2.50. The Kier molecular flexibility index (Phi) is 9.63. The van der Waals surface area contributed by atoms with Gasteiger partial charge in [-0.05, 0) is 37.8 Å². The van der Waals surface area contributed by atoms with E-state index in [0.717, 1.165) is 0 Å². The van der Waals surface area contributed by atoms with Crippen molar-refractivity contribution in [2.75, 3.05) is 11.9 Å². The molecule has 0 spiro atoms. The van der Waals surface area contributed by atoms with Crippen molar-refractivity contribution in [3.05, 3.63) is 63.7 Å². The molecule has 1 saturated carbocycles. The molecule has 3 aromatic rings. The SMILES string of the molecule is C[C@H](N)CNc1ccc2c(=O)c(C(=O)N[C@@H](C3CC3)C(F)(F)F)cn(-c3c(F)cc(F)cc3F)c2n1.O=C(O)C(F)(F)F. The monoisotopic (exact) mass is 627 g/mol. The number of hydrogen-bond acceptors (Lipinski definition) is 6. The topological polar surface area (TPSA) is 139 Å². The van der Waals surface area contributed by atoms with E-state index in [9.17, 15) is 49.1 Å². The van der Waals surface area contributed by atoms with Gasteiger partial charge in [-0.1, -0.05) is 0 Å². The van der Waals surface area contributed by atoms with Gasteiger partial charge in [-0.2, -0.15) is 26.3 Å². The average molecular weight is 627 g/mol. The molecule has 0 radical (unpaired) electrons. The van der Waals surface area contributed by atoms with Gasteiger partial charge in [0, 0.05) is 30.9 Å². The molecule has 1 amide bonds. The Morgan fingerprint density at radius 2 is 1.65 bits per heavy atom. The van der Waals surface area contributed by atoms with Gasteiger partial charge in [0.2, 0.25) is 5.43 Å². The van der Waals surface area contributed by atoms with Crippen LogP contribution in [0.3, 0.4) is 0 Å². The van der Waals surface area contributed by atoms with Crippen LogP contribution in [-0.4, -0.2) is 57.5 Å². The highest BCUT2D eigenvalue weighted by Crippen LogP contribution is 2.40. The van der Waals surface area contributed by atoms with Crippen molar-refractivity contribution < 1.29 is 54.2 Å². The van der Waals surface area contributed by atoms with Gasteiger partial charge in [-0.3, -0.25) is 14.2 Å². The van der Waals surface area contributed by atoms with Crippen molar-refractivity contribution >= 4 is 28.7 Å². The van der Waals surface area contributed by atoms with E-state index in [1.807, 2.05) is 5.32 Å². The van der Waals surface area contributed by atoms with Gasteiger partial charge >= 0.3 is 18.3 Å². The van der Waals surface area contributed by atoms with E-state index in [-0.39, 0.29) is 42.3 Å². The third-order valence-electron chi connectivity index (χ3n) is 5.90. The first-order valence-corrected chi connectivity index (χ1v) is 12.2. The maximum absolute atomic E-state index is 14.7. The summed E-state index contributed by atoms with van der Waals surface area (Å²) in [6.45, 7) is 1.95. The second-order valence-electron chi connectivity index (χ2n) is 9.52. The molecule has 2 heterocycles. The number of carbonyl (C=O) groups is 2. The number of carboxylic acids is 1. The third-order valence-corrected chi connectivity index (χ3v) is 5.90. The summed E-state index contributed by atoms with van der Waals surface area (Å²) in [6.07, 6.45) is -8.65. The number of carbonyl (C=O) groups excluding carboxylic acids is 1. The molecular formula is C25H22F9N5O4. The number of rotatable bonds is 7. The molecule has 9 nitrogen and oxygen atoms in total. The summed E-state index contributed by atoms with van der Waals surface area (Å²) >= 11 is 0. The molecule has 1 aliphatic carbocycles. The van der Waals surface area contributed by atoms with Crippen LogP contribution >= 0.6 is 0 Å². The van der Waals surface area contributed by atoms with Gasteiger partial charge in [0.15, 0.2) is 17.3 Å². The molecule has 2 atom stereocenters. The number of anilines is 1. The first-order chi connectivity index (χ1) is 19.8. The highest BCUT2D eigenvalue weighted by molar-refractivity contribution is 5.97. The number of halogens is 9. The van der Waals surface area contributed by atoms with E-state index in [1.54, 1.807) is 6.92 Å². The van der Waals surface area contributed by atoms with E-state index < -0.39 is 70.3 Å². The molecule has 0 unspecified atom stereocenters.